The van der Waals surface area contributed by atoms with Gasteiger partial charge in [-0.25, -0.2) is 13.6 Å². The average molecular weight is 277 g/mol. The molecule has 6 nitrogen and oxygen atoms in total. The molecular weight excluding hydrogens is 262 g/mol. The third-order valence-electron chi connectivity index (χ3n) is 2.06. The monoisotopic (exact) mass is 277 g/mol. The van der Waals surface area contributed by atoms with E-state index < -0.39 is 20.8 Å². The molecule has 0 aromatic heterocycles. The van der Waals surface area contributed by atoms with Gasteiger partial charge in [0.25, 0.3) is 0 Å². The Bertz CT molecular complexity index is 528. The van der Waals surface area contributed by atoms with Crippen LogP contribution in [0.1, 0.15) is 0 Å². The molecule has 1 atom stereocenters. The maximum atomic E-state index is 11.1. The van der Waals surface area contributed by atoms with Crippen molar-refractivity contribution in [2.45, 2.75) is 4.90 Å². The zero-order valence-corrected chi connectivity index (χ0v) is 11.0. The minimum absolute atomic E-state index is 0.0281. The van der Waals surface area contributed by atoms with Crippen molar-refractivity contribution in [3.05, 3.63) is 18.2 Å². The highest BCUT2D eigenvalue weighted by molar-refractivity contribution is 7.89. The van der Waals surface area contributed by atoms with E-state index in [1.807, 2.05) is 0 Å². The van der Waals surface area contributed by atoms with Crippen molar-refractivity contribution >= 4 is 32.2 Å². The molecule has 5 N–H and O–H groups in total. The van der Waals surface area contributed by atoms with Crippen molar-refractivity contribution in [2.75, 3.05) is 29.6 Å². The first-order chi connectivity index (χ1) is 7.80. The lowest BCUT2D eigenvalue weighted by atomic mass is 10.2. The highest BCUT2D eigenvalue weighted by Gasteiger charge is 2.09. The van der Waals surface area contributed by atoms with Crippen LogP contribution in [0.2, 0.25) is 0 Å². The quantitative estimate of drug-likeness (QED) is 0.639. The second-order valence-corrected chi connectivity index (χ2v) is 6.61. The zero-order valence-electron chi connectivity index (χ0n) is 9.34. The van der Waals surface area contributed by atoms with Gasteiger partial charge in [-0.1, -0.05) is 0 Å². The fourth-order valence-corrected chi connectivity index (χ4v) is 2.15. The normalized spacial score (nSPS) is 13.3. The first-order valence-electron chi connectivity index (χ1n) is 4.77. The minimum atomic E-state index is -3.73. The van der Waals surface area contributed by atoms with Gasteiger partial charge in [0, 0.05) is 29.4 Å². The number of benzene rings is 1. The van der Waals surface area contributed by atoms with E-state index in [0.29, 0.717) is 23.7 Å². The summed E-state index contributed by atoms with van der Waals surface area (Å²) in [4.78, 5) is -0.0281. The molecule has 0 saturated heterocycles. The summed E-state index contributed by atoms with van der Waals surface area (Å²) in [6.45, 7) is 0.502. The molecule has 0 radical (unpaired) electrons. The molecule has 0 heterocycles. The van der Waals surface area contributed by atoms with Gasteiger partial charge in [0.1, 0.15) is 0 Å². The number of nitrogens with two attached hydrogens (primary N) is 2. The lowest BCUT2D eigenvalue weighted by molar-refractivity contribution is 0.598. The van der Waals surface area contributed by atoms with Crippen LogP contribution in [0.5, 0.6) is 0 Å². The third-order valence-corrected chi connectivity index (χ3v) is 3.75. The summed E-state index contributed by atoms with van der Waals surface area (Å²) in [5.74, 6) is 0.496. The van der Waals surface area contributed by atoms with Crippen molar-refractivity contribution in [2.24, 2.45) is 5.14 Å². The average Bonchev–Trinajstić information content (AvgIpc) is 2.18. The molecule has 0 aliphatic carbocycles. The van der Waals surface area contributed by atoms with E-state index in [0.717, 1.165) is 0 Å². The maximum Gasteiger partial charge on any atom is 0.238 e. The third kappa shape index (κ3) is 4.33. The lowest BCUT2D eigenvalue weighted by Gasteiger charge is -2.09. The summed E-state index contributed by atoms with van der Waals surface area (Å²) in [6.07, 6.45) is 1.61. The second-order valence-electron chi connectivity index (χ2n) is 3.50. The number of hydrogen-bond donors (Lipinski definition) is 3. The Kier molecular flexibility index (Phi) is 4.49. The first kappa shape index (κ1) is 13.9. The Hall–Kier alpha value is -1.12. The van der Waals surface area contributed by atoms with Crippen molar-refractivity contribution in [1.29, 1.82) is 0 Å². The van der Waals surface area contributed by atoms with Crippen LogP contribution in [-0.2, 0) is 20.8 Å². The smallest absolute Gasteiger partial charge is 0.238 e. The van der Waals surface area contributed by atoms with E-state index in [4.69, 9.17) is 10.9 Å². The van der Waals surface area contributed by atoms with E-state index >= 15 is 0 Å². The predicted molar refractivity (Wildman–Crippen MR) is 69.7 cm³/mol. The fourth-order valence-electron chi connectivity index (χ4n) is 1.21. The Morgan fingerprint density at radius 1 is 1.41 bits per heavy atom. The molecule has 0 amide bonds. The van der Waals surface area contributed by atoms with Crippen LogP contribution in [0, 0.1) is 0 Å². The van der Waals surface area contributed by atoms with Crippen LogP contribution < -0.4 is 16.2 Å². The van der Waals surface area contributed by atoms with Crippen LogP contribution in [0.4, 0.5) is 11.4 Å². The second kappa shape index (κ2) is 5.48. The number of hydrogen-bond acceptors (Lipinski definition) is 5. The Morgan fingerprint density at radius 3 is 2.53 bits per heavy atom. The largest absolute Gasteiger partial charge is 0.397 e. The summed E-state index contributed by atoms with van der Waals surface area (Å²) in [7, 11) is -4.62. The number of primary sulfonamides is 1. The van der Waals surface area contributed by atoms with Crippen molar-refractivity contribution in [3.8, 4) is 0 Å². The summed E-state index contributed by atoms with van der Waals surface area (Å²) in [5, 5.41) is 7.94. The van der Waals surface area contributed by atoms with Gasteiger partial charge in [-0.3, -0.25) is 4.21 Å². The van der Waals surface area contributed by atoms with Crippen LogP contribution >= 0.6 is 0 Å². The molecular formula is C9H15N3O3S2. The van der Waals surface area contributed by atoms with Gasteiger partial charge in [-0.05, 0) is 18.2 Å². The summed E-state index contributed by atoms with van der Waals surface area (Å²) in [6, 6.07) is 4.20. The van der Waals surface area contributed by atoms with Gasteiger partial charge < -0.3 is 11.1 Å². The van der Waals surface area contributed by atoms with Crippen LogP contribution in [-0.4, -0.2) is 31.2 Å². The van der Waals surface area contributed by atoms with E-state index in [2.05, 4.69) is 5.32 Å². The summed E-state index contributed by atoms with van der Waals surface area (Å²) < 4.78 is 33.0. The van der Waals surface area contributed by atoms with Gasteiger partial charge in [-0.2, -0.15) is 0 Å². The highest BCUT2D eigenvalue weighted by Crippen LogP contribution is 2.21. The van der Waals surface area contributed by atoms with Gasteiger partial charge in [-0.15, -0.1) is 0 Å². The van der Waals surface area contributed by atoms with E-state index in [1.54, 1.807) is 6.26 Å². The standard InChI is InChI=1S/C9H15N3O3S2/c1-16(13)5-4-12-9-3-2-7(6-8(9)10)17(11,14)15/h2-3,6,12H,4-5,10H2,1H3,(H2,11,14,15). The molecule has 0 aliphatic rings. The molecule has 0 saturated carbocycles. The number of anilines is 2. The molecule has 0 fully saturated rings. The van der Waals surface area contributed by atoms with Crippen molar-refractivity contribution in [1.82, 2.24) is 0 Å². The Balaban J connectivity index is 2.80. The highest BCUT2D eigenvalue weighted by atomic mass is 32.2. The zero-order chi connectivity index (χ0) is 13.1. The number of sulfonamides is 1. The molecule has 96 valence electrons. The summed E-state index contributed by atoms with van der Waals surface area (Å²) >= 11 is 0. The molecule has 1 rings (SSSR count). The van der Waals surface area contributed by atoms with E-state index in [-0.39, 0.29) is 4.90 Å². The summed E-state index contributed by atoms with van der Waals surface area (Å²) in [5.41, 5.74) is 6.57. The SMILES string of the molecule is CS(=O)CCNc1ccc(S(N)(=O)=O)cc1N. The molecule has 1 aromatic rings. The van der Waals surface area contributed by atoms with Crippen LogP contribution in [0.25, 0.3) is 0 Å². The van der Waals surface area contributed by atoms with Gasteiger partial charge in [0.15, 0.2) is 0 Å². The topological polar surface area (TPSA) is 115 Å². The Morgan fingerprint density at radius 2 is 2.06 bits per heavy atom. The van der Waals surface area contributed by atoms with Gasteiger partial charge in [0.05, 0.1) is 16.3 Å². The number of nitrogens with one attached hydrogen (secondary N) is 1. The number of rotatable bonds is 5. The number of nitrogen functional groups attached to an aromatic ring is 1. The molecule has 0 bridgehead atoms. The van der Waals surface area contributed by atoms with E-state index in [1.165, 1.54) is 18.2 Å². The lowest BCUT2D eigenvalue weighted by Crippen LogP contribution is -2.14. The molecule has 1 aromatic carbocycles. The molecule has 0 aliphatic heterocycles. The molecule has 1 unspecified atom stereocenters. The molecule has 17 heavy (non-hydrogen) atoms. The van der Waals surface area contributed by atoms with Gasteiger partial charge in [0.2, 0.25) is 10.0 Å². The predicted octanol–water partition coefficient (Wildman–Crippen LogP) is -0.293. The fraction of sp³-hybridized carbons (Fsp3) is 0.333. The van der Waals surface area contributed by atoms with Crippen molar-refractivity contribution < 1.29 is 12.6 Å². The molecule has 8 heteroatoms. The molecule has 0 spiro atoms. The van der Waals surface area contributed by atoms with Crippen molar-refractivity contribution in [3.63, 3.8) is 0 Å². The van der Waals surface area contributed by atoms with E-state index in [9.17, 15) is 12.6 Å². The first-order valence-corrected chi connectivity index (χ1v) is 8.04. The maximum absolute atomic E-state index is 11.1. The minimum Gasteiger partial charge on any atom is -0.397 e. The van der Waals surface area contributed by atoms with Crippen LogP contribution in [0.15, 0.2) is 23.1 Å². The Labute approximate surface area is 103 Å². The van der Waals surface area contributed by atoms with Crippen LogP contribution in [0.3, 0.4) is 0 Å². The van der Waals surface area contributed by atoms with Gasteiger partial charge >= 0.3 is 0 Å².